The van der Waals surface area contributed by atoms with E-state index in [1.165, 1.54) is 0 Å². The van der Waals surface area contributed by atoms with Gasteiger partial charge in [-0.3, -0.25) is 0 Å². The average Bonchev–Trinajstić information content (AvgIpc) is 2.03. The van der Waals surface area contributed by atoms with E-state index in [0.717, 1.165) is 0 Å². The SMILES string of the molecule is C=CC[C@@](CO)(CCO)[C@H](C)O. The van der Waals surface area contributed by atoms with E-state index in [2.05, 4.69) is 6.58 Å². The Hall–Kier alpha value is -0.380. The van der Waals surface area contributed by atoms with E-state index in [0.29, 0.717) is 12.8 Å². The molecule has 12 heavy (non-hydrogen) atoms. The van der Waals surface area contributed by atoms with Gasteiger partial charge < -0.3 is 15.3 Å². The van der Waals surface area contributed by atoms with E-state index in [1.807, 2.05) is 0 Å². The van der Waals surface area contributed by atoms with Gasteiger partial charge in [-0.05, 0) is 19.8 Å². The molecule has 0 aromatic rings. The molecule has 0 aliphatic rings. The second kappa shape index (κ2) is 5.30. The summed E-state index contributed by atoms with van der Waals surface area (Å²) in [5.74, 6) is 0. The number of hydrogen-bond acceptors (Lipinski definition) is 3. The van der Waals surface area contributed by atoms with Crippen molar-refractivity contribution in [3.05, 3.63) is 12.7 Å². The molecule has 0 aromatic carbocycles. The van der Waals surface area contributed by atoms with Crippen molar-refractivity contribution in [1.82, 2.24) is 0 Å². The van der Waals surface area contributed by atoms with E-state index in [4.69, 9.17) is 10.2 Å². The van der Waals surface area contributed by atoms with Crippen molar-refractivity contribution in [3.63, 3.8) is 0 Å². The predicted molar refractivity (Wildman–Crippen MR) is 47.7 cm³/mol. The van der Waals surface area contributed by atoms with Crippen molar-refractivity contribution in [2.24, 2.45) is 5.41 Å². The van der Waals surface area contributed by atoms with Gasteiger partial charge in [0.15, 0.2) is 0 Å². The lowest BCUT2D eigenvalue weighted by Crippen LogP contribution is -2.37. The topological polar surface area (TPSA) is 60.7 Å². The van der Waals surface area contributed by atoms with Gasteiger partial charge >= 0.3 is 0 Å². The van der Waals surface area contributed by atoms with Crippen LogP contribution in [0.25, 0.3) is 0 Å². The fourth-order valence-electron chi connectivity index (χ4n) is 1.27. The van der Waals surface area contributed by atoms with Crippen LogP contribution in [-0.2, 0) is 0 Å². The Labute approximate surface area is 73.4 Å². The zero-order valence-corrected chi connectivity index (χ0v) is 7.53. The number of allylic oxidation sites excluding steroid dienone is 1. The van der Waals surface area contributed by atoms with Crippen LogP contribution in [0.2, 0.25) is 0 Å². The number of aliphatic hydroxyl groups is 3. The van der Waals surface area contributed by atoms with Gasteiger partial charge in [0.1, 0.15) is 0 Å². The molecule has 0 aromatic heterocycles. The maximum Gasteiger partial charge on any atom is 0.0594 e. The maximum absolute atomic E-state index is 9.41. The second-order valence-corrected chi connectivity index (χ2v) is 3.16. The predicted octanol–water partition coefficient (Wildman–Crippen LogP) is 0.304. The van der Waals surface area contributed by atoms with Crippen molar-refractivity contribution < 1.29 is 15.3 Å². The molecular formula is C9H18O3. The van der Waals surface area contributed by atoms with Crippen LogP contribution in [0, 0.1) is 5.41 Å². The summed E-state index contributed by atoms with van der Waals surface area (Å²) in [6.45, 7) is 5.02. The average molecular weight is 174 g/mol. The van der Waals surface area contributed by atoms with E-state index < -0.39 is 11.5 Å². The largest absolute Gasteiger partial charge is 0.396 e. The lowest BCUT2D eigenvalue weighted by Gasteiger charge is -2.33. The zero-order valence-electron chi connectivity index (χ0n) is 7.53. The quantitative estimate of drug-likeness (QED) is 0.508. The third-order valence-corrected chi connectivity index (χ3v) is 2.36. The summed E-state index contributed by atoms with van der Waals surface area (Å²) in [6, 6.07) is 0. The lowest BCUT2D eigenvalue weighted by molar-refractivity contribution is -0.0209. The Bertz CT molecular complexity index is 134. The fourth-order valence-corrected chi connectivity index (χ4v) is 1.27. The first-order valence-electron chi connectivity index (χ1n) is 4.13. The Morgan fingerprint density at radius 1 is 1.50 bits per heavy atom. The lowest BCUT2D eigenvalue weighted by atomic mass is 9.77. The highest BCUT2D eigenvalue weighted by Crippen LogP contribution is 2.30. The Morgan fingerprint density at radius 3 is 2.33 bits per heavy atom. The molecule has 0 aliphatic carbocycles. The second-order valence-electron chi connectivity index (χ2n) is 3.16. The standard InChI is InChI=1S/C9H18O3/c1-3-4-9(7-11,5-6-10)8(2)12/h3,8,10-12H,1,4-7H2,2H3/t8-,9-/m0/s1. The van der Waals surface area contributed by atoms with Crippen LogP contribution in [0.4, 0.5) is 0 Å². The van der Waals surface area contributed by atoms with Gasteiger partial charge in [-0.25, -0.2) is 0 Å². The van der Waals surface area contributed by atoms with Gasteiger partial charge in [0.25, 0.3) is 0 Å². The summed E-state index contributed by atoms with van der Waals surface area (Å²) in [4.78, 5) is 0. The molecule has 2 atom stereocenters. The summed E-state index contributed by atoms with van der Waals surface area (Å²) >= 11 is 0. The minimum atomic E-state index is -0.632. The number of aliphatic hydroxyl groups excluding tert-OH is 3. The first-order chi connectivity index (χ1) is 5.63. The van der Waals surface area contributed by atoms with Crippen LogP contribution < -0.4 is 0 Å². The normalized spacial score (nSPS) is 18.3. The van der Waals surface area contributed by atoms with E-state index in [9.17, 15) is 5.11 Å². The van der Waals surface area contributed by atoms with E-state index >= 15 is 0 Å². The van der Waals surface area contributed by atoms with Crippen LogP contribution in [-0.4, -0.2) is 34.6 Å². The Kier molecular flexibility index (Phi) is 5.13. The molecule has 3 heteroatoms. The molecule has 0 saturated carbocycles. The van der Waals surface area contributed by atoms with Crippen molar-refractivity contribution >= 4 is 0 Å². The Morgan fingerprint density at radius 2 is 2.08 bits per heavy atom. The number of hydrogen-bond donors (Lipinski definition) is 3. The van der Waals surface area contributed by atoms with Crippen LogP contribution >= 0.6 is 0 Å². The highest BCUT2D eigenvalue weighted by Gasteiger charge is 2.32. The van der Waals surface area contributed by atoms with Crippen LogP contribution in [0.3, 0.4) is 0 Å². The maximum atomic E-state index is 9.41. The molecule has 0 aliphatic heterocycles. The minimum Gasteiger partial charge on any atom is -0.396 e. The van der Waals surface area contributed by atoms with Crippen LogP contribution in [0.15, 0.2) is 12.7 Å². The highest BCUT2D eigenvalue weighted by molar-refractivity contribution is 4.89. The van der Waals surface area contributed by atoms with Gasteiger partial charge in [0.2, 0.25) is 0 Å². The summed E-state index contributed by atoms with van der Waals surface area (Å²) in [5.41, 5.74) is -0.615. The summed E-state index contributed by atoms with van der Waals surface area (Å²) < 4.78 is 0. The molecule has 0 heterocycles. The van der Waals surface area contributed by atoms with Crippen LogP contribution in [0.1, 0.15) is 19.8 Å². The van der Waals surface area contributed by atoms with Gasteiger partial charge in [0, 0.05) is 12.0 Å². The van der Waals surface area contributed by atoms with Crippen molar-refractivity contribution in [2.75, 3.05) is 13.2 Å². The molecule has 0 rings (SSSR count). The molecule has 72 valence electrons. The van der Waals surface area contributed by atoms with Gasteiger partial charge in [-0.1, -0.05) is 6.08 Å². The molecule has 0 radical (unpaired) electrons. The molecule has 0 saturated heterocycles. The van der Waals surface area contributed by atoms with Gasteiger partial charge in [0.05, 0.1) is 12.7 Å². The molecule has 0 amide bonds. The first-order valence-corrected chi connectivity index (χ1v) is 4.13. The molecule has 0 fully saturated rings. The van der Waals surface area contributed by atoms with Crippen LogP contribution in [0.5, 0.6) is 0 Å². The first kappa shape index (κ1) is 11.6. The molecule has 3 nitrogen and oxygen atoms in total. The monoisotopic (exact) mass is 174 g/mol. The zero-order chi connectivity index (χ0) is 9.61. The van der Waals surface area contributed by atoms with E-state index in [1.54, 1.807) is 13.0 Å². The van der Waals surface area contributed by atoms with Gasteiger partial charge in [-0.2, -0.15) is 0 Å². The number of rotatable bonds is 6. The van der Waals surface area contributed by atoms with Crippen molar-refractivity contribution in [3.8, 4) is 0 Å². The highest BCUT2D eigenvalue weighted by atomic mass is 16.3. The summed E-state index contributed by atoms with van der Waals surface area (Å²) in [6.07, 6.45) is 1.93. The van der Waals surface area contributed by atoms with E-state index in [-0.39, 0.29) is 13.2 Å². The van der Waals surface area contributed by atoms with Crippen molar-refractivity contribution in [2.45, 2.75) is 25.9 Å². The molecule has 0 bridgehead atoms. The molecule has 0 unspecified atom stereocenters. The Balaban J connectivity index is 4.38. The molecular weight excluding hydrogens is 156 g/mol. The fraction of sp³-hybridized carbons (Fsp3) is 0.778. The van der Waals surface area contributed by atoms with Gasteiger partial charge in [-0.15, -0.1) is 6.58 Å². The summed E-state index contributed by atoms with van der Waals surface area (Å²) in [5, 5.41) is 27.2. The summed E-state index contributed by atoms with van der Waals surface area (Å²) in [7, 11) is 0. The van der Waals surface area contributed by atoms with Crippen molar-refractivity contribution in [1.29, 1.82) is 0 Å². The third kappa shape index (κ3) is 2.59. The minimum absolute atomic E-state index is 0.0285. The molecule has 3 N–H and O–H groups in total. The third-order valence-electron chi connectivity index (χ3n) is 2.36. The smallest absolute Gasteiger partial charge is 0.0594 e. The molecule has 0 spiro atoms.